The maximum atomic E-state index is 11.0. The van der Waals surface area contributed by atoms with E-state index < -0.39 is 5.78 Å². The second kappa shape index (κ2) is 4.65. The molecule has 14 heavy (non-hydrogen) atoms. The van der Waals surface area contributed by atoms with Gasteiger partial charge in [-0.3, -0.25) is 9.78 Å². The molecule has 73 valence electrons. The first kappa shape index (κ1) is 10.6. The molecule has 0 aromatic carbocycles. The number of carbonyl (C=O) groups excluding carboxylic acids is 1. The number of ketones is 1. The third-order valence-electron chi connectivity index (χ3n) is 2.17. The molecule has 3 nitrogen and oxygen atoms in total. The van der Waals surface area contributed by atoms with E-state index in [1.807, 2.05) is 19.1 Å². The lowest BCUT2D eigenvalue weighted by Crippen LogP contribution is -2.18. The summed E-state index contributed by atoms with van der Waals surface area (Å²) in [5.41, 5.74) is 1.02. The van der Waals surface area contributed by atoms with Crippen LogP contribution in [-0.4, -0.2) is 16.5 Å². The molecular formula is C11H13N2O. The van der Waals surface area contributed by atoms with Gasteiger partial charge in [0.1, 0.15) is 0 Å². The molecule has 1 aromatic rings. The van der Waals surface area contributed by atoms with Gasteiger partial charge in [-0.05, 0) is 24.1 Å². The second-order valence-corrected chi connectivity index (χ2v) is 3.08. The minimum atomic E-state index is -0.409. The van der Waals surface area contributed by atoms with E-state index in [0.29, 0.717) is 0 Å². The van der Waals surface area contributed by atoms with Crippen LogP contribution >= 0.6 is 0 Å². The Kier molecular flexibility index (Phi) is 3.51. The average molecular weight is 189 g/mol. The molecule has 0 amide bonds. The van der Waals surface area contributed by atoms with Crippen LogP contribution in [0.5, 0.6) is 0 Å². The number of Topliss-reactive ketones (excluding diaryl/α,β-unsaturated/α-hetero) is 1. The molecule has 0 fully saturated rings. The Labute approximate surface area is 83.7 Å². The Morgan fingerprint density at radius 2 is 2.14 bits per heavy atom. The summed E-state index contributed by atoms with van der Waals surface area (Å²) in [6, 6.07) is 3.65. The van der Waals surface area contributed by atoms with Crippen molar-refractivity contribution in [3.63, 3.8) is 0 Å². The van der Waals surface area contributed by atoms with Crippen molar-refractivity contribution in [3.8, 4) is 0 Å². The minimum Gasteiger partial charge on any atom is -0.301 e. The predicted molar refractivity (Wildman–Crippen MR) is 55.4 cm³/mol. The highest BCUT2D eigenvalue weighted by atomic mass is 16.1. The van der Waals surface area contributed by atoms with Crippen molar-refractivity contribution in [3.05, 3.63) is 37.0 Å². The average Bonchev–Trinajstić information content (AvgIpc) is 2.20. The Hall–Kier alpha value is -1.51. The zero-order valence-corrected chi connectivity index (χ0v) is 8.16. The normalized spacial score (nSPS) is 12.1. The summed E-state index contributed by atoms with van der Waals surface area (Å²) in [6.07, 6.45) is 4.06. The van der Waals surface area contributed by atoms with Crippen LogP contribution in [-0.2, 0) is 4.79 Å². The van der Waals surface area contributed by atoms with Crippen LogP contribution in [0.2, 0.25) is 0 Å². The number of hydrogen-bond acceptors (Lipinski definition) is 3. The van der Waals surface area contributed by atoms with Crippen LogP contribution in [0.15, 0.2) is 24.5 Å². The van der Waals surface area contributed by atoms with Gasteiger partial charge in [0.05, 0.1) is 5.71 Å². The number of aromatic nitrogens is 1. The Morgan fingerprint density at radius 3 is 2.57 bits per heavy atom. The number of carbonyl (C=O) groups is 1. The van der Waals surface area contributed by atoms with Gasteiger partial charge in [0.15, 0.2) is 5.78 Å². The predicted octanol–water partition coefficient (Wildman–Crippen LogP) is 2.00. The summed E-state index contributed by atoms with van der Waals surface area (Å²) >= 11 is 0. The van der Waals surface area contributed by atoms with Gasteiger partial charge in [-0.25, -0.2) is 0 Å². The number of pyridine rings is 1. The molecule has 0 aliphatic rings. The molecule has 1 atom stereocenters. The molecule has 0 aliphatic heterocycles. The summed E-state index contributed by atoms with van der Waals surface area (Å²) in [5.74, 6) is -0.559. The fourth-order valence-corrected chi connectivity index (χ4v) is 1.40. The fourth-order valence-electron chi connectivity index (χ4n) is 1.40. The molecule has 0 bridgehead atoms. The number of nitrogens with zero attached hydrogens (tertiary/aromatic N) is 1. The van der Waals surface area contributed by atoms with E-state index in [9.17, 15) is 4.79 Å². The molecule has 0 aliphatic carbocycles. The van der Waals surface area contributed by atoms with Gasteiger partial charge in [-0.15, -0.1) is 0 Å². The Bertz CT molecular complexity index is 332. The molecule has 0 saturated heterocycles. The van der Waals surface area contributed by atoms with E-state index in [0.717, 1.165) is 12.0 Å². The maximum Gasteiger partial charge on any atom is 0.177 e. The van der Waals surface area contributed by atoms with Gasteiger partial charge in [0.2, 0.25) is 0 Å². The van der Waals surface area contributed by atoms with Crippen LogP contribution in [0.3, 0.4) is 0 Å². The molecule has 1 heterocycles. The van der Waals surface area contributed by atoms with E-state index in [4.69, 9.17) is 5.41 Å². The second-order valence-electron chi connectivity index (χ2n) is 3.08. The van der Waals surface area contributed by atoms with Gasteiger partial charge < -0.3 is 5.41 Å². The SMILES string of the molecule is [CH2]C(=O)C(=N)C(CC)c1ccncc1. The molecular weight excluding hydrogens is 176 g/mol. The van der Waals surface area contributed by atoms with Gasteiger partial charge in [-0.2, -0.15) is 0 Å². The first-order chi connectivity index (χ1) is 6.66. The first-order valence-corrected chi connectivity index (χ1v) is 4.51. The molecule has 1 aromatic heterocycles. The Balaban J connectivity index is 2.93. The molecule has 0 saturated carbocycles. The van der Waals surface area contributed by atoms with Crippen molar-refractivity contribution in [2.75, 3.05) is 0 Å². The third kappa shape index (κ3) is 2.25. The van der Waals surface area contributed by atoms with E-state index in [2.05, 4.69) is 11.9 Å². The summed E-state index contributed by atoms with van der Waals surface area (Å²) in [7, 11) is 0. The fraction of sp³-hybridized carbons (Fsp3) is 0.273. The smallest absolute Gasteiger partial charge is 0.177 e. The minimum absolute atomic E-state index is 0.0682. The monoisotopic (exact) mass is 189 g/mol. The van der Waals surface area contributed by atoms with Crippen molar-refractivity contribution >= 4 is 11.5 Å². The molecule has 1 rings (SSSR count). The number of rotatable bonds is 4. The zero-order valence-electron chi connectivity index (χ0n) is 8.16. The van der Waals surface area contributed by atoms with Crippen molar-refractivity contribution < 1.29 is 4.79 Å². The molecule has 1 radical (unpaired) electrons. The Morgan fingerprint density at radius 1 is 1.57 bits per heavy atom. The van der Waals surface area contributed by atoms with Gasteiger partial charge >= 0.3 is 0 Å². The van der Waals surface area contributed by atoms with Crippen molar-refractivity contribution in [1.82, 2.24) is 4.98 Å². The highest BCUT2D eigenvalue weighted by molar-refractivity contribution is 6.42. The first-order valence-electron chi connectivity index (χ1n) is 4.51. The quantitative estimate of drug-likeness (QED) is 0.736. The van der Waals surface area contributed by atoms with Gasteiger partial charge in [0, 0.05) is 25.2 Å². The van der Waals surface area contributed by atoms with Crippen molar-refractivity contribution in [1.29, 1.82) is 5.41 Å². The van der Waals surface area contributed by atoms with E-state index in [1.165, 1.54) is 0 Å². The lowest BCUT2D eigenvalue weighted by atomic mass is 9.91. The van der Waals surface area contributed by atoms with Crippen LogP contribution < -0.4 is 0 Å². The largest absolute Gasteiger partial charge is 0.301 e. The zero-order chi connectivity index (χ0) is 10.6. The molecule has 1 N–H and O–H groups in total. The number of nitrogens with one attached hydrogen (secondary N) is 1. The van der Waals surface area contributed by atoms with E-state index in [-0.39, 0.29) is 11.6 Å². The van der Waals surface area contributed by atoms with Crippen LogP contribution in [0.25, 0.3) is 0 Å². The van der Waals surface area contributed by atoms with Crippen molar-refractivity contribution in [2.45, 2.75) is 19.3 Å². The third-order valence-corrected chi connectivity index (χ3v) is 2.17. The standard InChI is InChI=1S/C11H13N2O/c1-3-10(11(12)8(2)14)9-4-6-13-7-5-9/h4-7,10,12H,2-3H2,1H3. The van der Waals surface area contributed by atoms with E-state index in [1.54, 1.807) is 12.4 Å². The summed E-state index contributed by atoms with van der Waals surface area (Å²) in [4.78, 5) is 14.9. The topological polar surface area (TPSA) is 53.8 Å². The summed E-state index contributed by atoms with van der Waals surface area (Å²) in [6.45, 7) is 5.20. The van der Waals surface area contributed by atoms with Gasteiger partial charge in [-0.1, -0.05) is 6.92 Å². The van der Waals surface area contributed by atoms with Crippen LogP contribution in [0.1, 0.15) is 24.8 Å². The molecule has 0 spiro atoms. The highest BCUT2D eigenvalue weighted by Crippen LogP contribution is 2.19. The lowest BCUT2D eigenvalue weighted by Gasteiger charge is -2.13. The van der Waals surface area contributed by atoms with Crippen LogP contribution in [0.4, 0.5) is 0 Å². The van der Waals surface area contributed by atoms with E-state index >= 15 is 0 Å². The molecule has 3 heteroatoms. The maximum absolute atomic E-state index is 11.0. The van der Waals surface area contributed by atoms with Crippen LogP contribution in [0, 0.1) is 12.3 Å². The number of hydrogen-bond donors (Lipinski definition) is 1. The summed E-state index contributed by atoms with van der Waals surface area (Å²) in [5, 5.41) is 7.61. The lowest BCUT2D eigenvalue weighted by molar-refractivity contribution is -0.109. The molecule has 1 unspecified atom stereocenters. The van der Waals surface area contributed by atoms with Gasteiger partial charge in [0.25, 0.3) is 0 Å². The summed E-state index contributed by atoms with van der Waals surface area (Å²) < 4.78 is 0. The highest BCUT2D eigenvalue weighted by Gasteiger charge is 2.17. The van der Waals surface area contributed by atoms with Crippen molar-refractivity contribution in [2.24, 2.45) is 0 Å².